The number of halogens is 1. The van der Waals surface area contributed by atoms with Crippen LogP contribution in [0.15, 0.2) is 42.5 Å². The quantitative estimate of drug-likeness (QED) is 0.204. The molecule has 5 heteroatoms. The molecule has 1 aliphatic rings. The molecule has 0 heterocycles. The number of Topliss-reactive ketones (excluding diaryl/α,β-unsaturated/α-hetero) is 1. The molecule has 0 saturated heterocycles. The minimum atomic E-state index is -0.0689. The molecule has 0 saturated carbocycles. The van der Waals surface area contributed by atoms with Gasteiger partial charge in [0.2, 0.25) is 0 Å². The van der Waals surface area contributed by atoms with Crippen molar-refractivity contribution < 1.29 is 33.1 Å². The molecule has 0 N–H and O–H groups in total. The maximum Gasteiger partial charge on any atom is 1.00 e. The molecule has 0 fully saturated rings. The fraction of sp³-hybridized carbons (Fsp3) is 0.440. The number of ether oxygens (including phenoxy) is 2. The third-order valence-corrected chi connectivity index (χ3v) is 4.35. The molecule has 3 rings (SSSR count). The van der Waals surface area contributed by atoms with E-state index in [1.807, 2.05) is 42.5 Å². The van der Waals surface area contributed by atoms with E-state index in [0.29, 0.717) is 5.92 Å². The Morgan fingerprint density at radius 3 is 2.07 bits per heavy atom. The van der Waals surface area contributed by atoms with Crippen LogP contribution in [0.2, 0.25) is 0 Å². The van der Waals surface area contributed by atoms with Crippen LogP contribution in [0.3, 0.4) is 0 Å². The zero-order valence-corrected chi connectivity index (χ0v) is 21.5. The van der Waals surface area contributed by atoms with E-state index < -0.39 is 0 Å². The molecule has 2 aromatic rings. The first-order valence-electron chi connectivity index (χ1n) is 10.1. The Hall–Kier alpha value is -0.963. The number of benzene rings is 2. The average Bonchev–Trinajstić information content (AvgIpc) is 2.86. The summed E-state index contributed by atoms with van der Waals surface area (Å²) in [4.78, 5) is 12.9. The smallest absolute Gasteiger partial charge is 0.497 e. The molecule has 0 bridgehead atoms. The van der Waals surface area contributed by atoms with E-state index in [9.17, 15) is 4.79 Å². The Balaban J connectivity index is 0.000000925. The van der Waals surface area contributed by atoms with E-state index in [1.54, 1.807) is 14.2 Å². The van der Waals surface area contributed by atoms with Crippen LogP contribution in [0.4, 0.5) is 0 Å². The summed E-state index contributed by atoms with van der Waals surface area (Å²) in [6, 6.07) is 13.6. The van der Waals surface area contributed by atoms with E-state index in [1.165, 1.54) is 4.43 Å². The fourth-order valence-corrected chi connectivity index (χ4v) is 3.11. The van der Waals surface area contributed by atoms with E-state index in [-0.39, 0.29) is 30.6 Å². The SMILES string of the molecule is CCI.COc1ccc(C2CCCc3cc(OC)ccc3C2=O)cc1.[CH2-]C(C)C.[Li+]. The van der Waals surface area contributed by atoms with Gasteiger partial charge in [-0.3, -0.25) is 4.79 Å². The van der Waals surface area contributed by atoms with Crippen molar-refractivity contribution in [2.75, 3.05) is 18.6 Å². The Labute approximate surface area is 208 Å². The van der Waals surface area contributed by atoms with Crippen LogP contribution in [0.1, 0.15) is 61.0 Å². The van der Waals surface area contributed by atoms with Gasteiger partial charge in [-0.25, -0.2) is 0 Å². The van der Waals surface area contributed by atoms with Gasteiger partial charge >= 0.3 is 18.9 Å². The molecule has 0 radical (unpaired) electrons. The second kappa shape index (κ2) is 15.8. The summed E-state index contributed by atoms with van der Waals surface area (Å²) in [5.41, 5.74) is 2.99. The number of hydrogen-bond acceptors (Lipinski definition) is 3. The summed E-state index contributed by atoms with van der Waals surface area (Å²) in [6.07, 6.45) is 2.80. The molecule has 0 aromatic heterocycles. The zero-order chi connectivity index (χ0) is 21.8. The minimum Gasteiger partial charge on any atom is -0.497 e. The van der Waals surface area contributed by atoms with Gasteiger partial charge in [0.05, 0.1) is 14.2 Å². The van der Waals surface area contributed by atoms with Crippen LogP contribution in [0.25, 0.3) is 0 Å². The van der Waals surface area contributed by atoms with Crippen molar-refractivity contribution in [1.82, 2.24) is 0 Å². The number of carbonyl (C=O) groups excluding carboxylic acids is 1. The number of hydrogen-bond donors (Lipinski definition) is 0. The van der Waals surface area contributed by atoms with Crippen molar-refractivity contribution in [3.63, 3.8) is 0 Å². The number of rotatable bonds is 3. The molecule has 2 aromatic carbocycles. The van der Waals surface area contributed by atoms with Gasteiger partial charge in [0.15, 0.2) is 5.78 Å². The van der Waals surface area contributed by atoms with Crippen molar-refractivity contribution in [2.24, 2.45) is 5.92 Å². The molecule has 3 nitrogen and oxygen atoms in total. The van der Waals surface area contributed by atoms with Gasteiger partial charge in [0, 0.05) is 11.5 Å². The first kappa shape index (κ1) is 29.0. The van der Waals surface area contributed by atoms with Crippen LogP contribution < -0.4 is 28.3 Å². The predicted octanol–water partition coefficient (Wildman–Crippen LogP) is 3.93. The van der Waals surface area contributed by atoms with Gasteiger partial charge in [-0.05, 0) is 65.1 Å². The first-order chi connectivity index (χ1) is 13.9. The number of alkyl halides is 1. The summed E-state index contributed by atoms with van der Waals surface area (Å²) in [6.45, 7) is 9.86. The van der Waals surface area contributed by atoms with Crippen LogP contribution in [0.5, 0.6) is 11.5 Å². The first-order valence-corrected chi connectivity index (χ1v) is 11.6. The number of carbonyl (C=O) groups is 1. The van der Waals surface area contributed by atoms with Crippen molar-refractivity contribution in [3.8, 4) is 11.5 Å². The van der Waals surface area contributed by atoms with Gasteiger partial charge in [-0.2, -0.15) is 5.92 Å². The molecule has 160 valence electrons. The third-order valence-electron chi connectivity index (χ3n) is 4.35. The Kier molecular flexibility index (Phi) is 15.3. The van der Waals surface area contributed by atoms with Crippen molar-refractivity contribution in [3.05, 3.63) is 66.1 Å². The summed E-state index contributed by atoms with van der Waals surface area (Å²) in [5.74, 6) is 2.35. The second-order valence-corrected chi connectivity index (χ2v) is 8.79. The van der Waals surface area contributed by atoms with Crippen molar-refractivity contribution in [2.45, 2.75) is 46.0 Å². The standard InChI is InChI=1S/C19H20O3.C4H9.C2H5I.Li/c1-21-15-8-6-13(7-9-15)17-5-3-4-14-12-16(22-2)10-11-18(14)19(17)20;1-4(2)3;1-2-3;/h6-12,17H,3-5H2,1-2H3;4H,1H2,2-3H3;2H2,1H3;/q;-1;;+1. The fourth-order valence-electron chi connectivity index (χ4n) is 3.11. The van der Waals surface area contributed by atoms with Crippen LogP contribution in [-0.2, 0) is 6.42 Å². The van der Waals surface area contributed by atoms with Gasteiger partial charge in [0.1, 0.15) is 11.5 Å². The van der Waals surface area contributed by atoms with E-state index in [4.69, 9.17) is 9.47 Å². The Morgan fingerprint density at radius 1 is 1.07 bits per heavy atom. The van der Waals surface area contributed by atoms with Crippen molar-refractivity contribution in [1.29, 1.82) is 0 Å². The van der Waals surface area contributed by atoms with Gasteiger partial charge in [-0.1, -0.05) is 55.5 Å². The minimum absolute atomic E-state index is 0. The number of ketones is 1. The topological polar surface area (TPSA) is 35.5 Å². The zero-order valence-electron chi connectivity index (χ0n) is 19.3. The average molecular weight is 516 g/mol. The Bertz CT molecular complexity index is 742. The maximum absolute atomic E-state index is 12.9. The Morgan fingerprint density at radius 2 is 1.57 bits per heavy atom. The van der Waals surface area contributed by atoms with E-state index in [0.717, 1.165) is 47.5 Å². The molecule has 0 spiro atoms. The number of aryl methyl sites for hydroxylation is 1. The third kappa shape index (κ3) is 9.45. The van der Waals surface area contributed by atoms with E-state index in [2.05, 4.69) is 50.3 Å². The maximum atomic E-state index is 12.9. The summed E-state index contributed by atoms with van der Waals surface area (Å²) in [7, 11) is 3.30. The molecule has 30 heavy (non-hydrogen) atoms. The van der Waals surface area contributed by atoms with Gasteiger partial charge < -0.3 is 16.4 Å². The van der Waals surface area contributed by atoms with Crippen LogP contribution >= 0.6 is 22.6 Å². The largest absolute Gasteiger partial charge is 1.00 e. The molecule has 0 aliphatic heterocycles. The van der Waals surface area contributed by atoms with Crippen molar-refractivity contribution >= 4 is 28.4 Å². The summed E-state index contributed by atoms with van der Waals surface area (Å²) >= 11 is 2.29. The number of fused-ring (bicyclic) bond motifs is 1. The van der Waals surface area contributed by atoms with Crippen LogP contribution in [-0.4, -0.2) is 24.4 Å². The molecular weight excluding hydrogens is 482 g/mol. The second-order valence-electron chi connectivity index (χ2n) is 7.27. The van der Waals surface area contributed by atoms with Gasteiger partial charge in [0.25, 0.3) is 0 Å². The normalized spacial score (nSPS) is 14.7. The summed E-state index contributed by atoms with van der Waals surface area (Å²) < 4.78 is 11.7. The molecule has 1 unspecified atom stereocenters. The molecule has 1 aliphatic carbocycles. The molecular formula is C25H34ILiO3. The van der Waals surface area contributed by atoms with E-state index >= 15 is 0 Å². The summed E-state index contributed by atoms with van der Waals surface area (Å²) in [5, 5.41) is 0. The van der Waals surface area contributed by atoms with Gasteiger partial charge in [-0.15, -0.1) is 0 Å². The number of methoxy groups -OCH3 is 2. The monoisotopic (exact) mass is 516 g/mol. The molecule has 1 atom stereocenters. The predicted molar refractivity (Wildman–Crippen MR) is 131 cm³/mol. The molecule has 0 amide bonds. The van der Waals surface area contributed by atoms with Crippen LogP contribution in [0, 0.1) is 12.8 Å².